The molecule has 0 unspecified atom stereocenters. The SMILES string of the molecule is CCOCCNC(=NC)NCC1(c2ccc(OC)c(OC)c2)CCCCC1. The summed E-state index contributed by atoms with van der Waals surface area (Å²) in [6.07, 6.45) is 6.10. The number of rotatable bonds is 9. The third-order valence-corrected chi connectivity index (χ3v) is 5.37. The first-order chi connectivity index (χ1) is 13.2. The number of ether oxygens (including phenoxy) is 3. The summed E-state index contributed by atoms with van der Waals surface area (Å²) in [7, 11) is 5.17. The van der Waals surface area contributed by atoms with Crippen molar-refractivity contribution >= 4 is 5.96 Å². The van der Waals surface area contributed by atoms with Gasteiger partial charge in [-0.1, -0.05) is 25.3 Å². The monoisotopic (exact) mass is 377 g/mol. The van der Waals surface area contributed by atoms with Crippen molar-refractivity contribution in [3.8, 4) is 11.5 Å². The van der Waals surface area contributed by atoms with Crippen molar-refractivity contribution < 1.29 is 14.2 Å². The fraction of sp³-hybridized carbons (Fsp3) is 0.667. The maximum atomic E-state index is 5.54. The first kappa shape index (κ1) is 21.4. The molecular weight excluding hydrogens is 342 g/mol. The van der Waals surface area contributed by atoms with E-state index in [0.717, 1.165) is 50.0 Å². The Labute approximate surface area is 163 Å². The van der Waals surface area contributed by atoms with Gasteiger partial charge in [-0.2, -0.15) is 0 Å². The predicted molar refractivity (Wildman–Crippen MR) is 110 cm³/mol. The van der Waals surface area contributed by atoms with E-state index in [2.05, 4.69) is 27.8 Å². The van der Waals surface area contributed by atoms with Gasteiger partial charge in [-0.05, 0) is 37.5 Å². The highest BCUT2D eigenvalue weighted by atomic mass is 16.5. The minimum atomic E-state index is 0.0787. The van der Waals surface area contributed by atoms with Crippen LogP contribution in [0.5, 0.6) is 11.5 Å². The second-order valence-corrected chi connectivity index (χ2v) is 6.96. The molecule has 2 N–H and O–H groups in total. The van der Waals surface area contributed by atoms with Crippen molar-refractivity contribution in [2.75, 3.05) is 47.6 Å². The molecule has 1 fully saturated rings. The lowest BCUT2D eigenvalue weighted by atomic mass is 9.69. The minimum Gasteiger partial charge on any atom is -0.493 e. The molecule has 0 aromatic heterocycles. The zero-order chi connectivity index (χ0) is 19.5. The van der Waals surface area contributed by atoms with Crippen molar-refractivity contribution in [2.24, 2.45) is 4.99 Å². The molecule has 6 nitrogen and oxygen atoms in total. The lowest BCUT2D eigenvalue weighted by Gasteiger charge is -2.38. The first-order valence-electron chi connectivity index (χ1n) is 9.94. The molecule has 0 radical (unpaired) electrons. The summed E-state index contributed by atoms with van der Waals surface area (Å²) in [5, 5.41) is 6.86. The van der Waals surface area contributed by atoms with Crippen LogP contribution in [0.25, 0.3) is 0 Å². The van der Waals surface area contributed by atoms with Gasteiger partial charge in [0.15, 0.2) is 17.5 Å². The Balaban J connectivity index is 2.12. The van der Waals surface area contributed by atoms with Crippen LogP contribution in [0.2, 0.25) is 0 Å². The van der Waals surface area contributed by atoms with Crippen molar-refractivity contribution in [1.29, 1.82) is 0 Å². The van der Waals surface area contributed by atoms with Gasteiger partial charge in [0.2, 0.25) is 0 Å². The number of nitrogens with zero attached hydrogens (tertiary/aromatic N) is 1. The molecule has 1 aliphatic carbocycles. The van der Waals surface area contributed by atoms with Crippen LogP contribution in [0.3, 0.4) is 0 Å². The molecule has 0 amide bonds. The molecule has 0 aliphatic heterocycles. The van der Waals surface area contributed by atoms with Gasteiger partial charge < -0.3 is 24.8 Å². The summed E-state index contributed by atoms with van der Waals surface area (Å²) in [6, 6.07) is 6.33. The molecule has 27 heavy (non-hydrogen) atoms. The fourth-order valence-electron chi connectivity index (χ4n) is 3.82. The molecule has 0 bridgehead atoms. The standard InChI is InChI=1S/C21H35N3O3/c1-5-27-14-13-23-20(22-2)24-16-21(11-7-6-8-12-21)17-9-10-18(25-3)19(15-17)26-4/h9-10,15H,5-8,11-14,16H2,1-4H3,(H2,22,23,24). The molecule has 2 rings (SSSR count). The number of methoxy groups -OCH3 is 2. The summed E-state index contributed by atoms with van der Waals surface area (Å²) in [6.45, 7) is 5.00. The van der Waals surface area contributed by atoms with E-state index < -0.39 is 0 Å². The Morgan fingerprint density at radius 1 is 1.07 bits per heavy atom. The number of hydrogen-bond donors (Lipinski definition) is 2. The van der Waals surface area contributed by atoms with E-state index in [1.807, 2.05) is 13.0 Å². The summed E-state index contributed by atoms with van der Waals surface area (Å²) >= 11 is 0. The molecule has 1 aromatic carbocycles. The lowest BCUT2D eigenvalue weighted by molar-refractivity contribution is 0.152. The van der Waals surface area contributed by atoms with Gasteiger partial charge in [0.1, 0.15) is 0 Å². The van der Waals surface area contributed by atoms with Crippen molar-refractivity contribution in [3.05, 3.63) is 23.8 Å². The van der Waals surface area contributed by atoms with Crippen LogP contribution >= 0.6 is 0 Å². The Morgan fingerprint density at radius 2 is 1.81 bits per heavy atom. The average Bonchev–Trinajstić information content (AvgIpc) is 2.73. The van der Waals surface area contributed by atoms with E-state index in [4.69, 9.17) is 14.2 Å². The molecule has 152 valence electrons. The van der Waals surface area contributed by atoms with Crippen LogP contribution in [-0.4, -0.2) is 53.5 Å². The van der Waals surface area contributed by atoms with Crippen LogP contribution in [0.4, 0.5) is 0 Å². The second kappa shape index (κ2) is 11.0. The number of hydrogen-bond acceptors (Lipinski definition) is 4. The number of guanidine groups is 1. The third-order valence-electron chi connectivity index (χ3n) is 5.37. The molecule has 1 aliphatic rings. The van der Waals surface area contributed by atoms with Gasteiger partial charge in [0.05, 0.1) is 20.8 Å². The Morgan fingerprint density at radius 3 is 2.44 bits per heavy atom. The highest BCUT2D eigenvalue weighted by molar-refractivity contribution is 5.79. The quantitative estimate of drug-likeness (QED) is 0.393. The largest absolute Gasteiger partial charge is 0.493 e. The van der Waals surface area contributed by atoms with Crippen molar-refractivity contribution in [2.45, 2.75) is 44.4 Å². The summed E-state index contributed by atoms with van der Waals surface area (Å²) in [5.41, 5.74) is 1.38. The molecular formula is C21H35N3O3. The third kappa shape index (κ3) is 5.76. The topological polar surface area (TPSA) is 64.1 Å². The Bertz CT molecular complexity index is 598. The first-order valence-corrected chi connectivity index (χ1v) is 9.94. The fourth-order valence-corrected chi connectivity index (χ4v) is 3.82. The number of nitrogens with one attached hydrogen (secondary N) is 2. The summed E-state index contributed by atoms with van der Waals surface area (Å²) in [5.74, 6) is 2.38. The van der Waals surface area contributed by atoms with Crippen molar-refractivity contribution in [1.82, 2.24) is 10.6 Å². The maximum Gasteiger partial charge on any atom is 0.191 e. The van der Waals surface area contributed by atoms with Crippen LogP contribution in [0.1, 0.15) is 44.6 Å². The zero-order valence-corrected chi connectivity index (χ0v) is 17.3. The van der Waals surface area contributed by atoms with Crippen LogP contribution in [0, 0.1) is 0 Å². The Hall–Kier alpha value is -1.95. The van der Waals surface area contributed by atoms with E-state index in [1.165, 1.54) is 24.8 Å². The van der Waals surface area contributed by atoms with E-state index in [0.29, 0.717) is 6.61 Å². The van der Waals surface area contributed by atoms with E-state index in [-0.39, 0.29) is 5.41 Å². The molecule has 6 heteroatoms. The molecule has 1 saturated carbocycles. The molecule has 1 aromatic rings. The molecule has 0 spiro atoms. The zero-order valence-electron chi connectivity index (χ0n) is 17.3. The van der Waals surface area contributed by atoms with Crippen LogP contribution in [0.15, 0.2) is 23.2 Å². The Kier molecular flexibility index (Phi) is 8.72. The summed E-state index contributed by atoms with van der Waals surface area (Å²) < 4.78 is 16.3. The smallest absolute Gasteiger partial charge is 0.191 e. The van der Waals surface area contributed by atoms with Gasteiger partial charge in [-0.15, -0.1) is 0 Å². The molecule has 0 atom stereocenters. The second-order valence-electron chi connectivity index (χ2n) is 6.96. The van der Waals surface area contributed by atoms with E-state index >= 15 is 0 Å². The van der Waals surface area contributed by atoms with Gasteiger partial charge in [-0.3, -0.25) is 4.99 Å². The average molecular weight is 378 g/mol. The normalized spacial score (nSPS) is 16.7. The van der Waals surface area contributed by atoms with E-state index in [1.54, 1.807) is 21.3 Å². The highest BCUT2D eigenvalue weighted by Crippen LogP contribution is 2.42. The summed E-state index contributed by atoms with van der Waals surface area (Å²) in [4.78, 5) is 4.35. The van der Waals surface area contributed by atoms with Gasteiger partial charge in [0, 0.05) is 32.2 Å². The number of aliphatic imine (C=N–C) groups is 1. The van der Waals surface area contributed by atoms with Crippen LogP contribution < -0.4 is 20.1 Å². The minimum absolute atomic E-state index is 0.0787. The van der Waals surface area contributed by atoms with Crippen molar-refractivity contribution in [3.63, 3.8) is 0 Å². The highest BCUT2D eigenvalue weighted by Gasteiger charge is 2.34. The predicted octanol–water partition coefficient (Wildman–Crippen LogP) is 3.11. The molecule has 0 saturated heterocycles. The molecule has 0 heterocycles. The van der Waals surface area contributed by atoms with E-state index in [9.17, 15) is 0 Å². The maximum absolute atomic E-state index is 5.54. The lowest BCUT2D eigenvalue weighted by Crippen LogP contribution is -2.47. The number of benzene rings is 1. The van der Waals surface area contributed by atoms with Gasteiger partial charge >= 0.3 is 0 Å². The van der Waals surface area contributed by atoms with Crippen LogP contribution in [-0.2, 0) is 10.2 Å². The van der Waals surface area contributed by atoms with Gasteiger partial charge in [0.25, 0.3) is 0 Å². The van der Waals surface area contributed by atoms with Gasteiger partial charge in [-0.25, -0.2) is 0 Å².